The third-order valence-corrected chi connectivity index (χ3v) is 2.13. The molecular weight excluding hydrogens is 212 g/mol. The Morgan fingerprint density at radius 3 is 2.60 bits per heavy atom. The summed E-state index contributed by atoms with van der Waals surface area (Å²) in [6.07, 6.45) is 0.107. The molecule has 4 heteroatoms. The predicted molar refractivity (Wildman–Crippen MR) is 60.1 cm³/mol. The van der Waals surface area contributed by atoms with Gasteiger partial charge in [0.15, 0.2) is 0 Å². The van der Waals surface area contributed by atoms with Crippen LogP contribution in [0.5, 0.6) is 0 Å². The highest BCUT2D eigenvalue weighted by atomic mass is 32.1. The van der Waals surface area contributed by atoms with Gasteiger partial charge >= 0.3 is 5.97 Å². The van der Waals surface area contributed by atoms with Gasteiger partial charge in [0.2, 0.25) is 5.12 Å². The molecule has 1 rings (SSSR count). The lowest BCUT2D eigenvalue weighted by atomic mass is 10.1. The molecule has 3 nitrogen and oxygen atoms in total. The van der Waals surface area contributed by atoms with E-state index >= 15 is 0 Å². The van der Waals surface area contributed by atoms with Gasteiger partial charge < -0.3 is 4.74 Å². The summed E-state index contributed by atoms with van der Waals surface area (Å²) in [6, 6.07) is 6.87. The van der Waals surface area contributed by atoms with E-state index in [1.54, 1.807) is 31.2 Å². The largest absolute Gasteiger partial charge is 0.466 e. The lowest BCUT2D eigenvalue weighted by molar-refractivity contribution is -0.142. The Hall–Kier alpha value is -1.29. The van der Waals surface area contributed by atoms with Gasteiger partial charge in [-0.3, -0.25) is 9.59 Å². The van der Waals surface area contributed by atoms with Crippen molar-refractivity contribution in [2.45, 2.75) is 13.3 Å². The number of carbonyl (C=O) groups is 2. The smallest absolute Gasteiger partial charge is 0.310 e. The van der Waals surface area contributed by atoms with Crippen LogP contribution in [0, 0.1) is 0 Å². The SMILES string of the molecule is CCOC(=O)Cc1ccccc1C(=O)S. The number of rotatable bonds is 4. The summed E-state index contributed by atoms with van der Waals surface area (Å²) in [5, 5.41) is -0.338. The van der Waals surface area contributed by atoms with Gasteiger partial charge in [-0.15, -0.1) is 12.6 Å². The van der Waals surface area contributed by atoms with Crippen molar-refractivity contribution >= 4 is 23.7 Å². The number of hydrogen-bond acceptors (Lipinski definition) is 3. The summed E-state index contributed by atoms with van der Waals surface area (Å²) in [5.41, 5.74) is 1.10. The Bertz CT molecular complexity index is 374. The fourth-order valence-corrected chi connectivity index (χ4v) is 1.47. The molecule has 1 aromatic carbocycles. The summed E-state index contributed by atoms with van der Waals surface area (Å²) >= 11 is 3.74. The van der Waals surface area contributed by atoms with Crippen molar-refractivity contribution in [2.75, 3.05) is 6.61 Å². The molecule has 0 fully saturated rings. The third kappa shape index (κ3) is 3.40. The number of benzene rings is 1. The van der Waals surface area contributed by atoms with Crippen LogP contribution in [0.3, 0.4) is 0 Å². The van der Waals surface area contributed by atoms with Gasteiger partial charge in [0, 0.05) is 5.56 Å². The quantitative estimate of drug-likeness (QED) is 0.627. The topological polar surface area (TPSA) is 43.4 Å². The molecule has 15 heavy (non-hydrogen) atoms. The van der Waals surface area contributed by atoms with E-state index in [0.717, 1.165) is 0 Å². The molecule has 0 amide bonds. The van der Waals surface area contributed by atoms with Gasteiger partial charge in [-0.2, -0.15) is 0 Å². The third-order valence-electron chi connectivity index (χ3n) is 1.89. The molecule has 0 bridgehead atoms. The maximum atomic E-state index is 11.2. The van der Waals surface area contributed by atoms with Gasteiger partial charge in [-0.1, -0.05) is 24.3 Å². The first-order valence-electron chi connectivity index (χ1n) is 4.62. The standard InChI is InChI=1S/C11H12O3S/c1-2-14-10(12)7-8-5-3-4-6-9(8)11(13)15/h3-6H,2,7H2,1H3,(H,13,15). The van der Waals surface area contributed by atoms with Crippen LogP contribution in [0.2, 0.25) is 0 Å². The number of thiol groups is 1. The minimum Gasteiger partial charge on any atom is -0.466 e. The second-order valence-electron chi connectivity index (χ2n) is 2.94. The van der Waals surface area contributed by atoms with E-state index in [0.29, 0.717) is 17.7 Å². The van der Waals surface area contributed by atoms with Crippen LogP contribution >= 0.6 is 12.6 Å². The maximum absolute atomic E-state index is 11.2. The molecule has 0 aromatic heterocycles. The van der Waals surface area contributed by atoms with Gasteiger partial charge in [0.1, 0.15) is 0 Å². The Labute approximate surface area is 93.8 Å². The van der Waals surface area contributed by atoms with Crippen molar-refractivity contribution in [3.05, 3.63) is 35.4 Å². The number of hydrogen-bond donors (Lipinski definition) is 1. The van der Waals surface area contributed by atoms with E-state index < -0.39 is 0 Å². The Morgan fingerprint density at radius 2 is 2.00 bits per heavy atom. The van der Waals surface area contributed by atoms with Crippen LogP contribution in [0.4, 0.5) is 0 Å². The number of carbonyl (C=O) groups excluding carboxylic acids is 2. The van der Waals surface area contributed by atoms with Gasteiger partial charge in [-0.05, 0) is 12.5 Å². The van der Waals surface area contributed by atoms with Crippen molar-refractivity contribution in [3.63, 3.8) is 0 Å². The monoisotopic (exact) mass is 224 g/mol. The minimum absolute atomic E-state index is 0.107. The van der Waals surface area contributed by atoms with Crippen LogP contribution in [0.25, 0.3) is 0 Å². The lowest BCUT2D eigenvalue weighted by Crippen LogP contribution is -2.10. The summed E-state index contributed by atoms with van der Waals surface area (Å²) in [4.78, 5) is 22.3. The maximum Gasteiger partial charge on any atom is 0.310 e. The van der Waals surface area contributed by atoms with E-state index in [1.165, 1.54) is 0 Å². The fourth-order valence-electron chi connectivity index (χ4n) is 1.25. The van der Waals surface area contributed by atoms with Crippen LogP contribution < -0.4 is 0 Å². The lowest BCUT2D eigenvalue weighted by Gasteiger charge is -2.05. The highest BCUT2D eigenvalue weighted by Gasteiger charge is 2.11. The molecule has 0 aliphatic carbocycles. The molecule has 0 spiro atoms. The normalized spacial score (nSPS) is 9.73. The van der Waals surface area contributed by atoms with Crippen LogP contribution in [-0.2, 0) is 16.0 Å². The first kappa shape index (κ1) is 11.8. The highest BCUT2D eigenvalue weighted by Crippen LogP contribution is 2.12. The van der Waals surface area contributed by atoms with E-state index in [1.807, 2.05) is 0 Å². The van der Waals surface area contributed by atoms with Gasteiger partial charge in [0.25, 0.3) is 0 Å². The zero-order chi connectivity index (χ0) is 11.3. The van der Waals surface area contributed by atoms with E-state index in [-0.39, 0.29) is 17.5 Å². The van der Waals surface area contributed by atoms with E-state index in [4.69, 9.17) is 4.74 Å². The summed E-state index contributed by atoms with van der Waals surface area (Å²) < 4.78 is 4.81. The molecule has 0 radical (unpaired) electrons. The first-order chi connectivity index (χ1) is 7.15. The Balaban J connectivity index is 2.84. The average molecular weight is 224 g/mol. The fraction of sp³-hybridized carbons (Fsp3) is 0.273. The average Bonchev–Trinajstić information content (AvgIpc) is 2.18. The molecule has 0 aliphatic heterocycles. The number of esters is 1. The van der Waals surface area contributed by atoms with Crippen LogP contribution in [-0.4, -0.2) is 17.7 Å². The summed E-state index contributed by atoms with van der Waals surface area (Å²) in [6.45, 7) is 2.09. The molecule has 0 saturated carbocycles. The summed E-state index contributed by atoms with van der Waals surface area (Å²) in [5.74, 6) is -0.334. The van der Waals surface area contributed by atoms with Gasteiger partial charge in [-0.25, -0.2) is 0 Å². The summed E-state index contributed by atoms with van der Waals surface area (Å²) in [7, 11) is 0. The molecule has 0 heterocycles. The van der Waals surface area contributed by atoms with Crippen LogP contribution in [0.1, 0.15) is 22.8 Å². The van der Waals surface area contributed by atoms with Crippen molar-refractivity contribution in [2.24, 2.45) is 0 Å². The Morgan fingerprint density at radius 1 is 1.33 bits per heavy atom. The van der Waals surface area contributed by atoms with Crippen molar-refractivity contribution in [3.8, 4) is 0 Å². The molecule has 0 N–H and O–H groups in total. The zero-order valence-electron chi connectivity index (χ0n) is 8.40. The van der Waals surface area contributed by atoms with Crippen molar-refractivity contribution in [1.29, 1.82) is 0 Å². The van der Waals surface area contributed by atoms with Crippen molar-refractivity contribution in [1.82, 2.24) is 0 Å². The second-order valence-corrected chi connectivity index (χ2v) is 3.35. The molecule has 0 aliphatic rings. The van der Waals surface area contributed by atoms with Crippen LogP contribution in [0.15, 0.2) is 24.3 Å². The molecule has 1 aromatic rings. The highest BCUT2D eigenvalue weighted by molar-refractivity contribution is 7.97. The van der Waals surface area contributed by atoms with Gasteiger partial charge in [0.05, 0.1) is 13.0 Å². The predicted octanol–water partition coefficient (Wildman–Crippen LogP) is 1.86. The zero-order valence-corrected chi connectivity index (χ0v) is 9.29. The first-order valence-corrected chi connectivity index (χ1v) is 5.06. The van der Waals surface area contributed by atoms with E-state index in [2.05, 4.69) is 12.6 Å². The molecule has 0 atom stereocenters. The minimum atomic E-state index is -0.338. The molecule has 0 unspecified atom stereocenters. The Kier molecular flexibility index (Phi) is 4.37. The second kappa shape index (κ2) is 5.56. The van der Waals surface area contributed by atoms with E-state index in [9.17, 15) is 9.59 Å². The van der Waals surface area contributed by atoms with Crippen molar-refractivity contribution < 1.29 is 14.3 Å². The number of ether oxygens (including phenoxy) is 1. The molecule has 80 valence electrons. The molecular formula is C11H12O3S. The molecule has 0 saturated heterocycles.